The first-order valence-electron chi connectivity index (χ1n) is 6.48. The SMILES string of the molecule is CCN(CC)C1CCN(c2cc(N)c(C#N)s2)C1. The van der Waals surface area contributed by atoms with Crippen molar-refractivity contribution >= 4 is 22.0 Å². The molecule has 1 aromatic rings. The minimum atomic E-state index is 0.615. The Hall–Kier alpha value is -1.25. The van der Waals surface area contributed by atoms with Gasteiger partial charge in [-0.3, -0.25) is 4.90 Å². The Morgan fingerprint density at radius 2 is 2.28 bits per heavy atom. The first-order valence-corrected chi connectivity index (χ1v) is 7.29. The van der Waals surface area contributed by atoms with Crippen LogP contribution in [0.3, 0.4) is 0 Å². The molecular formula is C13H20N4S. The molecule has 98 valence electrons. The molecular weight excluding hydrogens is 244 g/mol. The maximum atomic E-state index is 8.94. The summed E-state index contributed by atoms with van der Waals surface area (Å²) in [5.41, 5.74) is 6.43. The minimum Gasteiger partial charge on any atom is -0.397 e. The summed E-state index contributed by atoms with van der Waals surface area (Å²) >= 11 is 1.51. The van der Waals surface area contributed by atoms with Gasteiger partial charge >= 0.3 is 0 Å². The summed E-state index contributed by atoms with van der Waals surface area (Å²) in [6, 6.07) is 4.72. The average Bonchev–Trinajstić information content (AvgIpc) is 2.97. The summed E-state index contributed by atoms with van der Waals surface area (Å²) in [6.45, 7) is 8.74. The Morgan fingerprint density at radius 3 is 2.83 bits per heavy atom. The van der Waals surface area contributed by atoms with Crippen molar-refractivity contribution in [2.75, 3.05) is 36.8 Å². The monoisotopic (exact) mass is 264 g/mol. The van der Waals surface area contributed by atoms with E-state index in [2.05, 4.69) is 29.7 Å². The summed E-state index contributed by atoms with van der Waals surface area (Å²) in [4.78, 5) is 5.49. The van der Waals surface area contributed by atoms with E-state index in [0.29, 0.717) is 16.6 Å². The van der Waals surface area contributed by atoms with Crippen LogP contribution in [-0.2, 0) is 0 Å². The van der Waals surface area contributed by atoms with E-state index in [1.54, 1.807) is 0 Å². The molecule has 18 heavy (non-hydrogen) atoms. The molecule has 1 atom stereocenters. The molecule has 0 radical (unpaired) electrons. The molecule has 0 aliphatic carbocycles. The Kier molecular flexibility index (Phi) is 4.10. The van der Waals surface area contributed by atoms with Crippen LogP contribution in [0.2, 0.25) is 0 Å². The third-order valence-corrected chi connectivity index (χ3v) is 4.77. The number of thiophene rings is 1. The molecule has 1 saturated heterocycles. The van der Waals surface area contributed by atoms with Gasteiger partial charge in [-0.15, -0.1) is 11.3 Å². The van der Waals surface area contributed by atoms with E-state index < -0.39 is 0 Å². The van der Waals surface area contributed by atoms with E-state index in [4.69, 9.17) is 11.0 Å². The van der Waals surface area contributed by atoms with Gasteiger partial charge in [0.05, 0.1) is 10.7 Å². The molecule has 0 saturated carbocycles. The molecule has 2 N–H and O–H groups in total. The smallest absolute Gasteiger partial charge is 0.129 e. The van der Waals surface area contributed by atoms with E-state index in [0.717, 1.165) is 31.2 Å². The fourth-order valence-corrected chi connectivity index (χ4v) is 3.53. The third-order valence-electron chi connectivity index (χ3n) is 3.65. The van der Waals surface area contributed by atoms with Gasteiger partial charge in [-0.25, -0.2) is 0 Å². The Morgan fingerprint density at radius 1 is 1.56 bits per heavy atom. The van der Waals surface area contributed by atoms with Crippen molar-refractivity contribution in [2.24, 2.45) is 0 Å². The lowest BCUT2D eigenvalue weighted by molar-refractivity contribution is 0.232. The maximum Gasteiger partial charge on any atom is 0.129 e. The molecule has 1 aliphatic heterocycles. The van der Waals surface area contributed by atoms with Gasteiger partial charge in [-0.2, -0.15) is 5.26 Å². The summed E-state index contributed by atoms with van der Waals surface area (Å²) < 4.78 is 0. The number of nitrogens with two attached hydrogens (primary N) is 1. The van der Waals surface area contributed by atoms with Crippen molar-refractivity contribution in [3.63, 3.8) is 0 Å². The number of nitrogen functional groups attached to an aromatic ring is 1. The topological polar surface area (TPSA) is 56.3 Å². The number of hydrogen-bond acceptors (Lipinski definition) is 5. The molecule has 2 heterocycles. The molecule has 0 bridgehead atoms. The summed E-state index contributed by atoms with van der Waals surface area (Å²) in [5, 5.41) is 10.1. The van der Waals surface area contributed by atoms with Crippen molar-refractivity contribution in [1.82, 2.24) is 4.90 Å². The first kappa shape index (κ1) is 13.2. The highest BCUT2D eigenvalue weighted by atomic mass is 32.1. The van der Waals surface area contributed by atoms with Crippen LogP contribution in [0.15, 0.2) is 6.07 Å². The zero-order valence-electron chi connectivity index (χ0n) is 11.0. The molecule has 0 spiro atoms. The van der Waals surface area contributed by atoms with Gasteiger partial charge < -0.3 is 10.6 Å². The van der Waals surface area contributed by atoms with Gasteiger partial charge in [0.2, 0.25) is 0 Å². The van der Waals surface area contributed by atoms with Crippen molar-refractivity contribution in [1.29, 1.82) is 5.26 Å². The van der Waals surface area contributed by atoms with Crippen LogP contribution in [0.1, 0.15) is 25.1 Å². The molecule has 5 heteroatoms. The van der Waals surface area contributed by atoms with Gasteiger partial charge in [0.1, 0.15) is 10.9 Å². The van der Waals surface area contributed by atoms with Crippen molar-refractivity contribution in [2.45, 2.75) is 26.3 Å². The highest BCUT2D eigenvalue weighted by Crippen LogP contribution is 2.34. The van der Waals surface area contributed by atoms with Gasteiger partial charge in [-0.1, -0.05) is 13.8 Å². The standard InChI is InChI=1S/C13H20N4S/c1-3-16(4-2)10-5-6-17(9-10)13-7-11(15)12(8-14)18-13/h7,10H,3-6,9,15H2,1-2H3. The fourth-order valence-electron chi connectivity index (χ4n) is 2.61. The predicted octanol–water partition coefficient (Wildman–Crippen LogP) is 2.12. The van der Waals surface area contributed by atoms with E-state index in [9.17, 15) is 0 Å². The number of rotatable bonds is 4. The number of nitrogens with zero attached hydrogens (tertiary/aromatic N) is 3. The van der Waals surface area contributed by atoms with Crippen LogP contribution >= 0.6 is 11.3 Å². The maximum absolute atomic E-state index is 8.94. The van der Waals surface area contributed by atoms with Crippen molar-refractivity contribution in [3.05, 3.63) is 10.9 Å². The molecule has 4 nitrogen and oxygen atoms in total. The van der Waals surface area contributed by atoms with Crippen LogP contribution in [0.25, 0.3) is 0 Å². The van der Waals surface area contributed by atoms with Crippen LogP contribution in [0.5, 0.6) is 0 Å². The number of anilines is 2. The van der Waals surface area contributed by atoms with Crippen LogP contribution in [0.4, 0.5) is 10.7 Å². The summed E-state index contributed by atoms with van der Waals surface area (Å²) in [6.07, 6.45) is 1.20. The number of likely N-dealkylation sites (N-methyl/N-ethyl adjacent to an activating group) is 1. The average molecular weight is 264 g/mol. The number of hydrogen-bond donors (Lipinski definition) is 1. The highest BCUT2D eigenvalue weighted by Gasteiger charge is 2.27. The second kappa shape index (κ2) is 5.59. The predicted molar refractivity (Wildman–Crippen MR) is 77.0 cm³/mol. The molecule has 0 amide bonds. The van der Waals surface area contributed by atoms with Crippen LogP contribution in [-0.4, -0.2) is 37.1 Å². The van der Waals surface area contributed by atoms with Gasteiger partial charge in [0.25, 0.3) is 0 Å². The van der Waals surface area contributed by atoms with Gasteiger partial charge in [0, 0.05) is 19.1 Å². The third kappa shape index (κ3) is 2.45. The Bertz CT molecular complexity index is 444. The van der Waals surface area contributed by atoms with Crippen molar-refractivity contribution < 1.29 is 0 Å². The van der Waals surface area contributed by atoms with Crippen LogP contribution < -0.4 is 10.6 Å². The number of nitriles is 1. The molecule has 1 aromatic heterocycles. The molecule has 0 aromatic carbocycles. The second-order valence-electron chi connectivity index (χ2n) is 4.59. The molecule has 2 rings (SSSR count). The lowest BCUT2D eigenvalue weighted by Gasteiger charge is -2.26. The zero-order chi connectivity index (χ0) is 13.1. The van der Waals surface area contributed by atoms with E-state index in [1.165, 1.54) is 17.8 Å². The largest absolute Gasteiger partial charge is 0.397 e. The summed E-state index contributed by atoms with van der Waals surface area (Å²) in [7, 11) is 0. The lowest BCUT2D eigenvalue weighted by atomic mass is 10.2. The Labute approximate surface area is 113 Å². The van der Waals surface area contributed by atoms with Gasteiger partial charge in [-0.05, 0) is 25.6 Å². The molecule has 1 aliphatic rings. The zero-order valence-corrected chi connectivity index (χ0v) is 11.8. The summed E-state index contributed by atoms with van der Waals surface area (Å²) in [5.74, 6) is 0. The Balaban J connectivity index is 2.06. The van der Waals surface area contributed by atoms with Crippen molar-refractivity contribution in [3.8, 4) is 6.07 Å². The quantitative estimate of drug-likeness (QED) is 0.905. The van der Waals surface area contributed by atoms with Gasteiger partial charge in [0.15, 0.2) is 0 Å². The minimum absolute atomic E-state index is 0.615. The molecule has 1 unspecified atom stereocenters. The first-order chi connectivity index (χ1) is 8.69. The fraction of sp³-hybridized carbons (Fsp3) is 0.615. The van der Waals surface area contributed by atoms with E-state index in [-0.39, 0.29) is 0 Å². The van der Waals surface area contributed by atoms with Crippen LogP contribution in [0, 0.1) is 11.3 Å². The lowest BCUT2D eigenvalue weighted by Crippen LogP contribution is -2.37. The molecule has 1 fully saturated rings. The normalized spacial score (nSPS) is 19.4. The van der Waals surface area contributed by atoms with E-state index in [1.807, 2.05) is 6.07 Å². The second-order valence-corrected chi connectivity index (χ2v) is 5.62. The highest BCUT2D eigenvalue weighted by molar-refractivity contribution is 7.17. The van der Waals surface area contributed by atoms with E-state index >= 15 is 0 Å².